The molecule has 0 aliphatic carbocycles. The van der Waals surface area contributed by atoms with E-state index in [9.17, 15) is 19.0 Å². The quantitative estimate of drug-likeness (QED) is 0.0205. The van der Waals surface area contributed by atoms with Gasteiger partial charge in [0.2, 0.25) is 5.91 Å². The predicted molar refractivity (Wildman–Crippen MR) is 374 cm³/mol. The van der Waals surface area contributed by atoms with Gasteiger partial charge in [-0.2, -0.15) is 0 Å². The maximum Gasteiger partial charge on any atom is 0.472 e. The summed E-state index contributed by atoms with van der Waals surface area (Å²) in [5, 5.41) is 3.08. The van der Waals surface area contributed by atoms with E-state index in [1.807, 2.05) is 33.3 Å². The van der Waals surface area contributed by atoms with Gasteiger partial charge in [-0.15, -0.1) is 0 Å². The number of rotatable bonds is 67. The molecule has 86 heavy (non-hydrogen) atoms. The number of phosphoric ester groups is 1. The smallest absolute Gasteiger partial charge is 0.456 e. The van der Waals surface area contributed by atoms with Crippen molar-refractivity contribution in [3.05, 3.63) is 72.9 Å². The lowest BCUT2D eigenvalue weighted by Gasteiger charge is -2.27. The number of carbonyl (C=O) groups is 2. The summed E-state index contributed by atoms with van der Waals surface area (Å²) in [5.41, 5.74) is 0. The molecule has 0 radical (unpaired) electrons. The van der Waals surface area contributed by atoms with Crippen molar-refractivity contribution in [2.45, 2.75) is 360 Å². The van der Waals surface area contributed by atoms with Crippen molar-refractivity contribution in [2.24, 2.45) is 0 Å². The minimum Gasteiger partial charge on any atom is -0.456 e. The molecule has 10 heteroatoms. The minimum atomic E-state index is -4.46. The van der Waals surface area contributed by atoms with Crippen LogP contribution in [0.4, 0.5) is 0 Å². The molecule has 0 saturated heterocycles. The van der Waals surface area contributed by atoms with Crippen molar-refractivity contribution in [2.75, 3.05) is 40.9 Å². The number of nitrogens with one attached hydrogen (secondary N) is 1. The molecule has 0 spiro atoms. The molecule has 0 aromatic heterocycles. The van der Waals surface area contributed by atoms with Crippen LogP contribution >= 0.6 is 7.82 Å². The number of phosphoric acid groups is 1. The third-order valence-electron chi connectivity index (χ3n) is 16.4. The largest absolute Gasteiger partial charge is 0.472 e. The van der Waals surface area contributed by atoms with Gasteiger partial charge in [0.1, 0.15) is 19.3 Å². The highest BCUT2D eigenvalue weighted by Crippen LogP contribution is 2.43. The summed E-state index contributed by atoms with van der Waals surface area (Å²) in [7, 11) is 1.50. The maximum atomic E-state index is 13.6. The summed E-state index contributed by atoms with van der Waals surface area (Å²) in [5.74, 6) is -0.496. The molecule has 0 aliphatic heterocycles. The number of nitrogens with zero attached hydrogens (tertiary/aromatic N) is 1. The summed E-state index contributed by atoms with van der Waals surface area (Å²) >= 11 is 0. The molecule has 3 unspecified atom stereocenters. The Kier molecular flexibility index (Phi) is 63.5. The van der Waals surface area contributed by atoms with E-state index < -0.39 is 20.0 Å². The van der Waals surface area contributed by atoms with Crippen LogP contribution in [0.3, 0.4) is 0 Å². The fraction of sp³-hybridized carbons (Fsp3) is 0.816. The summed E-state index contributed by atoms with van der Waals surface area (Å²) in [6, 6.07) is -0.852. The van der Waals surface area contributed by atoms with Gasteiger partial charge in [0.25, 0.3) is 0 Å². The molecule has 0 aliphatic rings. The van der Waals surface area contributed by atoms with Gasteiger partial charge in [0.15, 0.2) is 0 Å². The first-order valence-corrected chi connectivity index (χ1v) is 38.3. The number of esters is 1. The van der Waals surface area contributed by atoms with Gasteiger partial charge in [0, 0.05) is 12.8 Å². The second-order valence-electron chi connectivity index (χ2n) is 26.1. The molecule has 0 aromatic rings. The second-order valence-corrected chi connectivity index (χ2v) is 27.6. The van der Waals surface area contributed by atoms with E-state index in [0.717, 1.165) is 77.0 Å². The first kappa shape index (κ1) is 83.5. The summed E-state index contributed by atoms with van der Waals surface area (Å²) in [4.78, 5) is 37.9. The fourth-order valence-corrected chi connectivity index (χ4v) is 11.4. The number of allylic oxidation sites excluding steroid dienone is 11. The zero-order chi connectivity index (χ0) is 62.8. The molecule has 0 bridgehead atoms. The summed E-state index contributed by atoms with van der Waals surface area (Å²) < 4.78 is 30.9. The van der Waals surface area contributed by atoms with Gasteiger partial charge in [-0.3, -0.25) is 18.6 Å². The molecule has 1 amide bonds. The Hall–Kier alpha value is -2.55. The second kappa shape index (κ2) is 65.4. The van der Waals surface area contributed by atoms with Crippen LogP contribution < -0.4 is 5.32 Å². The van der Waals surface area contributed by atoms with Crippen molar-refractivity contribution in [3.63, 3.8) is 0 Å². The average Bonchev–Trinajstić information content (AvgIpc) is 3.69. The molecule has 3 atom stereocenters. The van der Waals surface area contributed by atoms with Crippen molar-refractivity contribution >= 4 is 19.7 Å². The first-order chi connectivity index (χ1) is 41.9. The monoisotopic (exact) mass is 1230 g/mol. The van der Waals surface area contributed by atoms with Gasteiger partial charge in [0.05, 0.1) is 33.8 Å². The Labute approximate surface area is 533 Å². The molecule has 0 heterocycles. The number of amides is 1. The summed E-state index contributed by atoms with van der Waals surface area (Å²) in [6.07, 6.45) is 86.3. The van der Waals surface area contributed by atoms with Crippen LogP contribution in [-0.2, 0) is 27.9 Å². The number of likely N-dealkylation sites (N-methyl/N-ethyl adjacent to an activating group) is 1. The van der Waals surface area contributed by atoms with Crippen molar-refractivity contribution in [1.29, 1.82) is 0 Å². The van der Waals surface area contributed by atoms with E-state index in [0.29, 0.717) is 23.9 Å². The number of quaternary nitrogens is 1. The third-order valence-corrected chi connectivity index (χ3v) is 17.4. The predicted octanol–water partition coefficient (Wildman–Crippen LogP) is 23.5. The number of unbranched alkanes of at least 4 members (excludes halogenated alkanes) is 41. The molecule has 0 aromatic carbocycles. The average molecular weight is 1230 g/mol. The zero-order valence-corrected chi connectivity index (χ0v) is 58.5. The summed E-state index contributed by atoms with van der Waals surface area (Å²) in [6.45, 7) is 7.00. The van der Waals surface area contributed by atoms with E-state index >= 15 is 0 Å². The van der Waals surface area contributed by atoms with Crippen LogP contribution in [0.2, 0.25) is 0 Å². The maximum absolute atomic E-state index is 13.6. The Bertz CT molecular complexity index is 1700. The van der Waals surface area contributed by atoms with Gasteiger partial charge in [-0.1, -0.05) is 306 Å². The van der Waals surface area contributed by atoms with Crippen molar-refractivity contribution < 1.29 is 37.3 Å². The van der Waals surface area contributed by atoms with Crippen LogP contribution in [0, 0.1) is 0 Å². The van der Waals surface area contributed by atoms with Crippen molar-refractivity contribution in [1.82, 2.24) is 5.32 Å². The molecule has 0 saturated carbocycles. The SMILES string of the molecule is CCCCC/C=C\C/C=C\C/C=C\CCCCCCCCCCCCCCC(=O)NC(COP(=O)(O)OCC[N+](C)(C)C)C(/C=C/CCCCCCCCCCCC)OC(=O)CCCCCCCCCCCCCCC/C=C\C/C=C\CCCCC. The fourth-order valence-electron chi connectivity index (χ4n) is 10.7. The molecule has 0 rings (SSSR count). The molecular weight excluding hydrogens is 1080 g/mol. The Balaban J connectivity index is 5.02. The molecular formula is C76H142N2O7P+. The molecule has 502 valence electrons. The standard InChI is InChI=1S/C76H141N2O7P/c1-7-10-13-16-19-22-25-28-30-32-34-36-38-39-41-42-44-46-48-50-53-56-59-62-65-68-75(79)77-73(72-84-86(81,82)83-71-70-78(4,5)6)74(67-64-61-58-55-52-27-24-21-18-15-12-9-3)85-76(80)69-66-63-60-57-54-51-49-47-45-43-40-37-35-33-31-29-26-23-20-17-14-11-8-2/h19-20,22-23,28-31,34,36,64,67,73-74H,7-18,21,24-27,32-33,35,37-63,65-66,68-72H2,1-6H3,(H-,77,79,81,82)/p+1/b22-19-,23-20-,30-28-,31-29-,36-34-,67-64+. The van der Waals surface area contributed by atoms with Gasteiger partial charge >= 0.3 is 13.8 Å². The lowest BCUT2D eigenvalue weighted by atomic mass is 10.0. The van der Waals surface area contributed by atoms with Crippen LogP contribution in [0.1, 0.15) is 348 Å². The number of hydrogen-bond acceptors (Lipinski definition) is 6. The van der Waals surface area contributed by atoms with Crippen LogP contribution in [0.5, 0.6) is 0 Å². The highest BCUT2D eigenvalue weighted by atomic mass is 31.2. The van der Waals surface area contributed by atoms with Gasteiger partial charge < -0.3 is 19.4 Å². The number of ether oxygens (including phenoxy) is 1. The molecule has 9 nitrogen and oxygen atoms in total. The topological polar surface area (TPSA) is 111 Å². The van der Waals surface area contributed by atoms with E-state index in [4.69, 9.17) is 13.8 Å². The van der Waals surface area contributed by atoms with Gasteiger partial charge in [-0.05, 0) is 102 Å². The Morgan fingerprint density at radius 1 is 0.407 bits per heavy atom. The highest BCUT2D eigenvalue weighted by Gasteiger charge is 2.30. The molecule has 2 N–H and O–H groups in total. The lowest BCUT2D eigenvalue weighted by Crippen LogP contribution is -2.47. The highest BCUT2D eigenvalue weighted by molar-refractivity contribution is 7.47. The van der Waals surface area contributed by atoms with Crippen LogP contribution in [0.15, 0.2) is 72.9 Å². The van der Waals surface area contributed by atoms with Crippen LogP contribution in [-0.4, -0.2) is 74.3 Å². The lowest BCUT2D eigenvalue weighted by molar-refractivity contribution is -0.870. The minimum absolute atomic E-state index is 0.0391. The van der Waals surface area contributed by atoms with Crippen molar-refractivity contribution in [3.8, 4) is 0 Å². The van der Waals surface area contributed by atoms with Gasteiger partial charge in [-0.25, -0.2) is 4.57 Å². The van der Waals surface area contributed by atoms with E-state index in [2.05, 4.69) is 86.8 Å². The number of carbonyl (C=O) groups excluding carboxylic acids is 2. The van der Waals surface area contributed by atoms with Crippen LogP contribution in [0.25, 0.3) is 0 Å². The normalized spacial score (nSPS) is 13.9. The van der Waals surface area contributed by atoms with E-state index in [1.165, 1.54) is 238 Å². The van der Waals surface area contributed by atoms with E-state index in [1.54, 1.807) is 0 Å². The third kappa shape index (κ3) is 65.9. The van der Waals surface area contributed by atoms with E-state index in [-0.39, 0.29) is 25.1 Å². The zero-order valence-electron chi connectivity index (χ0n) is 57.6. The Morgan fingerprint density at radius 2 is 0.709 bits per heavy atom. The number of hydrogen-bond donors (Lipinski definition) is 2. The first-order valence-electron chi connectivity index (χ1n) is 36.8. The Morgan fingerprint density at radius 3 is 1.08 bits per heavy atom. The molecule has 0 fully saturated rings.